The number of hydrogen-bond donors (Lipinski definition) is 1. The number of aliphatic hydroxyl groups excluding tert-OH is 1. The first kappa shape index (κ1) is 14.0. The maximum Gasteiger partial charge on any atom is 0.138 e. The van der Waals surface area contributed by atoms with Gasteiger partial charge in [-0.25, -0.2) is 0 Å². The van der Waals surface area contributed by atoms with E-state index in [9.17, 15) is 9.90 Å². The maximum atomic E-state index is 11.9. The molecule has 0 bridgehead atoms. The van der Waals surface area contributed by atoms with E-state index in [1.807, 2.05) is 36.4 Å². The molecule has 1 aliphatic carbocycles. The minimum Gasteiger partial charge on any atom is -0.388 e. The van der Waals surface area contributed by atoms with Crippen molar-refractivity contribution >= 4 is 11.9 Å². The van der Waals surface area contributed by atoms with Gasteiger partial charge in [0.1, 0.15) is 5.78 Å². The monoisotopic (exact) mass is 258 g/mol. The minimum absolute atomic E-state index is 0.153. The summed E-state index contributed by atoms with van der Waals surface area (Å²) >= 11 is 0. The van der Waals surface area contributed by atoms with E-state index in [1.54, 1.807) is 6.08 Å². The predicted molar refractivity (Wildman–Crippen MR) is 77.6 cm³/mol. The van der Waals surface area contributed by atoms with Gasteiger partial charge in [-0.3, -0.25) is 4.79 Å². The Labute approximate surface area is 115 Å². The van der Waals surface area contributed by atoms with E-state index in [4.69, 9.17) is 0 Å². The first-order valence-corrected chi connectivity index (χ1v) is 6.92. The fourth-order valence-electron chi connectivity index (χ4n) is 2.68. The van der Waals surface area contributed by atoms with Crippen LogP contribution in [0.2, 0.25) is 0 Å². The summed E-state index contributed by atoms with van der Waals surface area (Å²) in [5, 5.41) is 10.2. The molecule has 0 unspecified atom stereocenters. The van der Waals surface area contributed by atoms with Gasteiger partial charge in [-0.05, 0) is 23.8 Å². The molecule has 0 radical (unpaired) electrons. The van der Waals surface area contributed by atoms with Crippen molar-refractivity contribution in [2.75, 3.05) is 0 Å². The van der Waals surface area contributed by atoms with Gasteiger partial charge in [-0.1, -0.05) is 56.3 Å². The van der Waals surface area contributed by atoms with Crippen LogP contribution in [-0.4, -0.2) is 17.0 Å². The molecule has 0 amide bonds. The fourth-order valence-corrected chi connectivity index (χ4v) is 2.68. The smallest absolute Gasteiger partial charge is 0.138 e. The largest absolute Gasteiger partial charge is 0.388 e. The molecule has 1 aromatic rings. The number of aliphatic hydroxyl groups is 1. The number of hydrogen-bond acceptors (Lipinski definition) is 2. The standard InChI is InChI=1S/C17H22O2/c1-17(2)11-10-16(19)14(12-17)15(18)9-8-13-6-4-3-5-7-13/h3-9,14-15,18H,10-12H2,1-2H3/b9-8+/t14-,15-/m0/s1. The molecule has 2 nitrogen and oxygen atoms in total. The predicted octanol–water partition coefficient (Wildman–Crippen LogP) is 3.46. The fraction of sp³-hybridized carbons (Fsp3) is 0.471. The second-order valence-corrected chi connectivity index (χ2v) is 6.20. The van der Waals surface area contributed by atoms with Crippen LogP contribution in [0.3, 0.4) is 0 Å². The Hall–Kier alpha value is -1.41. The van der Waals surface area contributed by atoms with Crippen molar-refractivity contribution in [3.05, 3.63) is 42.0 Å². The van der Waals surface area contributed by atoms with Gasteiger partial charge in [0.15, 0.2) is 0 Å². The summed E-state index contributed by atoms with van der Waals surface area (Å²) in [6, 6.07) is 9.84. The summed E-state index contributed by atoms with van der Waals surface area (Å²) in [5.41, 5.74) is 1.20. The van der Waals surface area contributed by atoms with Gasteiger partial charge in [0.25, 0.3) is 0 Å². The number of carbonyl (C=O) groups excluding carboxylic acids is 1. The first-order valence-electron chi connectivity index (χ1n) is 6.92. The van der Waals surface area contributed by atoms with Gasteiger partial charge >= 0.3 is 0 Å². The van der Waals surface area contributed by atoms with Crippen LogP contribution in [0.25, 0.3) is 6.08 Å². The minimum atomic E-state index is -0.674. The van der Waals surface area contributed by atoms with Crippen LogP contribution in [0.5, 0.6) is 0 Å². The summed E-state index contributed by atoms with van der Waals surface area (Å²) in [6.45, 7) is 4.33. The van der Waals surface area contributed by atoms with E-state index in [2.05, 4.69) is 13.8 Å². The molecule has 1 aromatic carbocycles. The highest BCUT2D eigenvalue weighted by molar-refractivity contribution is 5.83. The molecule has 2 heteroatoms. The molecule has 0 spiro atoms. The quantitative estimate of drug-likeness (QED) is 0.901. The van der Waals surface area contributed by atoms with E-state index < -0.39 is 6.10 Å². The highest BCUT2D eigenvalue weighted by atomic mass is 16.3. The van der Waals surface area contributed by atoms with Gasteiger partial charge in [-0.2, -0.15) is 0 Å². The number of benzene rings is 1. The molecule has 2 atom stereocenters. The Bertz CT molecular complexity index is 459. The highest BCUT2D eigenvalue weighted by Crippen LogP contribution is 2.38. The number of rotatable bonds is 3. The molecule has 1 saturated carbocycles. The third-order valence-corrected chi connectivity index (χ3v) is 3.93. The normalized spacial score (nSPS) is 24.6. The molecule has 0 aromatic heterocycles. The first-order chi connectivity index (χ1) is 8.98. The molecular weight excluding hydrogens is 236 g/mol. The lowest BCUT2D eigenvalue weighted by molar-refractivity contribution is -0.130. The van der Waals surface area contributed by atoms with Crippen LogP contribution in [0.1, 0.15) is 38.7 Å². The molecule has 1 aliphatic rings. The van der Waals surface area contributed by atoms with Gasteiger partial charge in [-0.15, -0.1) is 0 Å². The van der Waals surface area contributed by atoms with Crippen LogP contribution in [0.15, 0.2) is 36.4 Å². The maximum absolute atomic E-state index is 11.9. The summed E-state index contributed by atoms with van der Waals surface area (Å²) in [4.78, 5) is 11.9. The Morgan fingerprint density at radius 3 is 2.68 bits per heavy atom. The van der Waals surface area contributed by atoms with Crippen LogP contribution >= 0.6 is 0 Å². The number of carbonyl (C=O) groups is 1. The van der Waals surface area contributed by atoms with Crippen molar-refractivity contribution in [3.8, 4) is 0 Å². The van der Waals surface area contributed by atoms with Gasteiger partial charge in [0, 0.05) is 12.3 Å². The molecular formula is C17H22O2. The van der Waals surface area contributed by atoms with Crippen molar-refractivity contribution in [1.29, 1.82) is 0 Å². The SMILES string of the molecule is CC1(C)CCC(=O)[C@H]([C@@H](O)/C=C/c2ccccc2)C1. The second-order valence-electron chi connectivity index (χ2n) is 6.20. The topological polar surface area (TPSA) is 37.3 Å². The molecule has 1 N–H and O–H groups in total. The van der Waals surface area contributed by atoms with Crippen molar-refractivity contribution in [1.82, 2.24) is 0 Å². The van der Waals surface area contributed by atoms with Crippen LogP contribution in [-0.2, 0) is 4.79 Å². The molecule has 0 heterocycles. The van der Waals surface area contributed by atoms with E-state index in [0.717, 1.165) is 18.4 Å². The van der Waals surface area contributed by atoms with Crippen LogP contribution in [0, 0.1) is 11.3 Å². The van der Waals surface area contributed by atoms with Gasteiger partial charge < -0.3 is 5.11 Å². The zero-order chi connectivity index (χ0) is 13.9. The third-order valence-electron chi connectivity index (χ3n) is 3.93. The van der Waals surface area contributed by atoms with E-state index >= 15 is 0 Å². The summed E-state index contributed by atoms with van der Waals surface area (Å²) in [5.74, 6) is -0.0479. The molecule has 1 fully saturated rings. The van der Waals surface area contributed by atoms with Crippen molar-refractivity contribution in [2.24, 2.45) is 11.3 Å². The van der Waals surface area contributed by atoms with Crippen molar-refractivity contribution in [3.63, 3.8) is 0 Å². The third kappa shape index (κ3) is 3.77. The Kier molecular flexibility index (Phi) is 4.20. The summed E-state index contributed by atoms with van der Waals surface area (Å²) < 4.78 is 0. The van der Waals surface area contributed by atoms with E-state index in [1.165, 1.54) is 0 Å². The molecule has 0 aliphatic heterocycles. The van der Waals surface area contributed by atoms with Crippen LogP contribution < -0.4 is 0 Å². The van der Waals surface area contributed by atoms with Crippen LogP contribution in [0.4, 0.5) is 0 Å². The highest BCUT2D eigenvalue weighted by Gasteiger charge is 2.36. The van der Waals surface area contributed by atoms with E-state index in [0.29, 0.717) is 6.42 Å². The van der Waals surface area contributed by atoms with Gasteiger partial charge in [0.05, 0.1) is 6.10 Å². The lowest BCUT2D eigenvalue weighted by Gasteiger charge is -2.35. The lowest BCUT2D eigenvalue weighted by atomic mass is 9.70. The molecule has 0 saturated heterocycles. The zero-order valence-electron chi connectivity index (χ0n) is 11.7. The second kappa shape index (κ2) is 5.70. The van der Waals surface area contributed by atoms with Crippen molar-refractivity contribution in [2.45, 2.75) is 39.2 Å². The summed E-state index contributed by atoms with van der Waals surface area (Å²) in [6.07, 6.45) is 5.25. The number of Topliss-reactive ketones (excluding diaryl/α,β-unsaturated/α-hetero) is 1. The lowest BCUT2D eigenvalue weighted by Crippen LogP contribution is -2.36. The molecule has 102 valence electrons. The van der Waals surface area contributed by atoms with Crippen molar-refractivity contribution < 1.29 is 9.90 Å². The van der Waals surface area contributed by atoms with E-state index in [-0.39, 0.29) is 17.1 Å². The van der Waals surface area contributed by atoms with Gasteiger partial charge in [0.2, 0.25) is 0 Å². The summed E-state index contributed by atoms with van der Waals surface area (Å²) in [7, 11) is 0. The zero-order valence-corrected chi connectivity index (χ0v) is 11.7. The Morgan fingerprint density at radius 2 is 2.00 bits per heavy atom. The Balaban J connectivity index is 2.04. The molecule has 2 rings (SSSR count). The Morgan fingerprint density at radius 1 is 1.32 bits per heavy atom. The number of ketones is 1. The average molecular weight is 258 g/mol. The molecule has 19 heavy (non-hydrogen) atoms. The average Bonchev–Trinajstić information content (AvgIpc) is 2.40.